The van der Waals surface area contributed by atoms with Gasteiger partial charge >= 0.3 is 0 Å². The lowest BCUT2D eigenvalue weighted by Gasteiger charge is -2.11. The molecule has 0 spiro atoms. The summed E-state index contributed by atoms with van der Waals surface area (Å²) in [6, 6.07) is 9.94. The topological polar surface area (TPSA) is 82.5 Å². The number of fused-ring (bicyclic) bond motifs is 1. The van der Waals surface area contributed by atoms with Gasteiger partial charge in [0.2, 0.25) is 0 Å². The lowest BCUT2D eigenvalue weighted by atomic mass is 10.1. The molecule has 128 valence electrons. The minimum absolute atomic E-state index is 0.330. The Morgan fingerprint density at radius 2 is 2.00 bits per heavy atom. The summed E-state index contributed by atoms with van der Waals surface area (Å²) in [4.78, 5) is 18.1. The van der Waals surface area contributed by atoms with Crippen molar-refractivity contribution in [2.45, 2.75) is 25.2 Å². The summed E-state index contributed by atoms with van der Waals surface area (Å²) in [5.41, 5.74) is 10.7. The van der Waals surface area contributed by atoms with Crippen molar-refractivity contribution in [2.75, 3.05) is 5.73 Å². The number of aryl methyl sites for hydroxylation is 1. The molecule has 3 heterocycles. The van der Waals surface area contributed by atoms with E-state index in [2.05, 4.69) is 21.0 Å². The molecule has 1 fully saturated rings. The van der Waals surface area contributed by atoms with Gasteiger partial charge in [0.05, 0.1) is 17.5 Å². The summed E-state index contributed by atoms with van der Waals surface area (Å²) in [5.74, 6) is 1.58. The predicted molar refractivity (Wildman–Crippen MR) is 100 cm³/mol. The van der Waals surface area contributed by atoms with Crippen LogP contribution >= 0.6 is 0 Å². The Morgan fingerprint density at radius 3 is 2.81 bits per heavy atom. The number of benzene rings is 1. The van der Waals surface area contributed by atoms with E-state index in [0.29, 0.717) is 17.5 Å². The summed E-state index contributed by atoms with van der Waals surface area (Å²) in [6.07, 6.45) is 8.39. The first-order valence-electron chi connectivity index (χ1n) is 8.67. The molecule has 0 amide bonds. The SMILES string of the molecule is Cc1ccnc([C@H]2C[C@@H]2c2cc(-n3ccnc3)c3ccc(N)cc3n2)n1. The molecule has 3 aromatic heterocycles. The molecule has 4 aromatic rings. The van der Waals surface area contributed by atoms with Crippen molar-refractivity contribution in [3.8, 4) is 5.69 Å². The minimum Gasteiger partial charge on any atom is -0.399 e. The van der Waals surface area contributed by atoms with Gasteiger partial charge in [-0.2, -0.15) is 0 Å². The van der Waals surface area contributed by atoms with Crippen LogP contribution in [0, 0.1) is 6.92 Å². The van der Waals surface area contributed by atoms with Crippen molar-refractivity contribution in [3.05, 3.63) is 72.5 Å². The van der Waals surface area contributed by atoms with E-state index in [0.717, 1.165) is 40.2 Å². The minimum atomic E-state index is 0.330. The van der Waals surface area contributed by atoms with Crippen LogP contribution in [-0.2, 0) is 0 Å². The maximum Gasteiger partial charge on any atom is 0.132 e. The van der Waals surface area contributed by atoms with Gasteiger partial charge in [0.1, 0.15) is 5.82 Å². The molecule has 0 aliphatic heterocycles. The molecule has 6 nitrogen and oxygen atoms in total. The average Bonchev–Trinajstić information content (AvgIpc) is 3.26. The molecule has 1 aromatic carbocycles. The summed E-state index contributed by atoms with van der Waals surface area (Å²) in [7, 11) is 0. The van der Waals surface area contributed by atoms with Crippen molar-refractivity contribution < 1.29 is 0 Å². The number of imidazole rings is 1. The van der Waals surface area contributed by atoms with E-state index in [1.165, 1.54) is 0 Å². The second kappa shape index (κ2) is 5.62. The van der Waals surface area contributed by atoms with Crippen molar-refractivity contribution in [2.24, 2.45) is 0 Å². The van der Waals surface area contributed by atoms with E-state index < -0.39 is 0 Å². The van der Waals surface area contributed by atoms with Crippen molar-refractivity contribution in [3.63, 3.8) is 0 Å². The van der Waals surface area contributed by atoms with Crippen molar-refractivity contribution in [1.29, 1.82) is 0 Å². The Bertz CT molecular complexity index is 1100. The molecular weight excluding hydrogens is 324 g/mol. The molecule has 5 rings (SSSR count). The van der Waals surface area contributed by atoms with Crippen LogP contribution in [0.5, 0.6) is 0 Å². The van der Waals surface area contributed by atoms with Crippen LogP contribution in [0.4, 0.5) is 5.69 Å². The Morgan fingerprint density at radius 1 is 1.08 bits per heavy atom. The molecule has 1 aliphatic rings. The number of nitrogens with zero attached hydrogens (tertiary/aromatic N) is 5. The summed E-state index contributed by atoms with van der Waals surface area (Å²) >= 11 is 0. The molecule has 2 atom stereocenters. The van der Waals surface area contributed by atoms with Crippen LogP contribution in [0.25, 0.3) is 16.6 Å². The molecular formula is C20H18N6. The third kappa shape index (κ3) is 2.50. The van der Waals surface area contributed by atoms with Gasteiger partial charge in [0, 0.05) is 52.9 Å². The van der Waals surface area contributed by atoms with E-state index >= 15 is 0 Å². The highest BCUT2D eigenvalue weighted by molar-refractivity contribution is 5.89. The smallest absolute Gasteiger partial charge is 0.132 e. The third-order valence-corrected chi connectivity index (χ3v) is 4.93. The van der Waals surface area contributed by atoms with Crippen LogP contribution in [0.3, 0.4) is 0 Å². The van der Waals surface area contributed by atoms with Gasteiger partial charge in [0.15, 0.2) is 0 Å². The van der Waals surface area contributed by atoms with Gasteiger partial charge in [-0.3, -0.25) is 4.98 Å². The second-order valence-corrected chi connectivity index (χ2v) is 6.82. The second-order valence-electron chi connectivity index (χ2n) is 6.82. The molecule has 0 unspecified atom stereocenters. The van der Waals surface area contributed by atoms with Crippen LogP contribution in [0.2, 0.25) is 0 Å². The normalized spacial score (nSPS) is 19.0. The molecule has 0 saturated heterocycles. The highest BCUT2D eigenvalue weighted by Gasteiger charge is 2.43. The summed E-state index contributed by atoms with van der Waals surface area (Å²) in [6.45, 7) is 2.00. The highest BCUT2D eigenvalue weighted by atomic mass is 15.0. The quantitative estimate of drug-likeness (QED) is 0.577. The Labute approximate surface area is 150 Å². The van der Waals surface area contributed by atoms with E-state index in [1.54, 1.807) is 6.20 Å². The largest absolute Gasteiger partial charge is 0.399 e. The fraction of sp³-hybridized carbons (Fsp3) is 0.200. The zero-order chi connectivity index (χ0) is 17.7. The number of aromatic nitrogens is 5. The van der Waals surface area contributed by atoms with E-state index in [-0.39, 0.29) is 0 Å². The van der Waals surface area contributed by atoms with Gasteiger partial charge in [-0.15, -0.1) is 0 Å². The first-order chi connectivity index (χ1) is 12.7. The molecule has 0 radical (unpaired) electrons. The van der Waals surface area contributed by atoms with Gasteiger partial charge in [-0.25, -0.2) is 15.0 Å². The molecule has 1 saturated carbocycles. The summed E-state index contributed by atoms with van der Waals surface area (Å²) in [5, 5.41) is 1.06. The van der Waals surface area contributed by atoms with Crippen molar-refractivity contribution in [1.82, 2.24) is 24.5 Å². The standard InChI is InChI=1S/C20H18N6/c1-12-4-5-23-20(24-12)16-9-15(16)18-10-19(26-7-6-22-11-26)14-3-2-13(21)8-17(14)25-18/h2-8,10-11,15-16H,9,21H2,1H3/t15-,16-/m0/s1. The maximum atomic E-state index is 5.99. The van der Waals surface area contributed by atoms with Gasteiger partial charge < -0.3 is 10.3 Å². The molecule has 0 bridgehead atoms. The van der Waals surface area contributed by atoms with Crippen molar-refractivity contribution >= 4 is 16.6 Å². The first kappa shape index (κ1) is 15.0. The molecule has 2 N–H and O–H groups in total. The van der Waals surface area contributed by atoms with Crippen LogP contribution < -0.4 is 5.73 Å². The maximum absolute atomic E-state index is 5.99. The Hall–Kier alpha value is -3.28. The number of nitrogen functional groups attached to an aromatic ring is 1. The van der Waals surface area contributed by atoms with Gasteiger partial charge in [-0.1, -0.05) is 0 Å². The number of anilines is 1. The highest BCUT2D eigenvalue weighted by Crippen LogP contribution is 2.53. The third-order valence-electron chi connectivity index (χ3n) is 4.93. The fourth-order valence-electron chi connectivity index (χ4n) is 3.51. The number of pyridine rings is 1. The number of nitrogens with two attached hydrogens (primary N) is 1. The zero-order valence-electron chi connectivity index (χ0n) is 14.4. The van der Waals surface area contributed by atoms with E-state index in [4.69, 9.17) is 10.7 Å². The lowest BCUT2D eigenvalue weighted by molar-refractivity contribution is 0.866. The fourth-order valence-corrected chi connectivity index (χ4v) is 3.51. The Kier molecular flexibility index (Phi) is 3.25. The predicted octanol–water partition coefficient (Wildman–Crippen LogP) is 3.37. The zero-order valence-corrected chi connectivity index (χ0v) is 14.4. The van der Waals surface area contributed by atoms with Crippen LogP contribution in [0.15, 0.2) is 55.2 Å². The first-order valence-corrected chi connectivity index (χ1v) is 8.67. The molecule has 1 aliphatic carbocycles. The number of hydrogen-bond donors (Lipinski definition) is 1. The number of hydrogen-bond acceptors (Lipinski definition) is 5. The van der Waals surface area contributed by atoms with E-state index in [9.17, 15) is 0 Å². The van der Waals surface area contributed by atoms with Gasteiger partial charge in [-0.05, 0) is 43.7 Å². The number of rotatable bonds is 3. The Balaban J connectivity index is 1.61. The monoisotopic (exact) mass is 342 g/mol. The average molecular weight is 342 g/mol. The lowest BCUT2D eigenvalue weighted by Crippen LogP contribution is -2.00. The molecule has 26 heavy (non-hydrogen) atoms. The summed E-state index contributed by atoms with van der Waals surface area (Å²) < 4.78 is 2.02. The van der Waals surface area contributed by atoms with Gasteiger partial charge in [0.25, 0.3) is 0 Å². The van der Waals surface area contributed by atoms with Crippen LogP contribution in [-0.4, -0.2) is 24.5 Å². The van der Waals surface area contributed by atoms with Crippen LogP contribution in [0.1, 0.15) is 35.5 Å². The molecule has 6 heteroatoms. The van der Waals surface area contributed by atoms with E-state index in [1.807, 2.05) is 54.5 Å².